The van der Waals surface area contributed by atoms with Crippen LogP contribution in [-0.2, 0) is 4.74 Å². The van der Waals surface area contributed by atoms with Crippen molar-refractivity contribution >= 4 is 22.5 Å². The van der Waals surface area contributed by atoms with E-state index in [2.05, 4.69) is 9.88 Å². The van der Waals surface area contributed by atoms with Crippen molar-refractivity contribution in [2.75, 3.05) is 31.2 Å². The molecule has 0 atom stereocenters. The number of ketones is 1. The smallest absolute Gasteiger partial charge is 0.160 e. The summed E-state index contributed by atoms with van der Waals surface area (Å²) in [6.07, 6.45) is 0. The van der Waals surface area contributed by atoms with Gasteiger partial charge in [0.1, 0.15) is 5.82 Å². The Kier molecular flexibility index (Phi) is 3.17. The average Bonchev–Trinajstić information content (AvgIpc) is 2.47. The largest absolute Gasteiger partial charge is 0.378 e. The van der Waals surface area contributed by atoms with Crippen molar-refractivity contribution in [3.8, 4) is 0 Å². The number of para-hydroxylation sites is 1. The highest BCUT2D eigenvalue weighted by molar-refractivity contribution is 6.06. The van der Waals surface area contributed by atoms with Gasteiger partial charge in [-0.3, -0.25) is 4.79 Å². The molecule has 1 aliphatic heterocycles. The molecule has 4 nitrogen and oxygen atoms in total. The lowest BCUT2D eigenvalue weighted by Crippen LogP contribution is -2.36. The summed E-state index contributed by atoms with van der Waals surface area (Å²) in [5.41, 5.74) is 1.61. The van der Waals surface area contributed by atoms with Crippen LogP contribution in [0.25, 0.3) is 10.9 Å². The molecule has 0 bridgehead atoms. The van der Waals surface area contributed by atoms with Crippen LogP contribution in [0.2, 0.25) is 0 Å². The topological polar surface area (TPSA) is 42.4 Å². The molecule has 0 unspecified atom stereocenters. The van der Waals surface area contributed by atoms with Crippen molar-refractivity contribution in [2.24, 2.45) is 0 Å². The molecule has 2 heterocycles. The number of nitrogens with zero attached hydrogens (tertiary/aromatic N) is 2. The van der Waals surface area contributed by atoms with Crippen molar-refractivity contribution in [1.29, 1.82) is 0 Å². The highest BCUT2D eigenvalue weighted by Gasteiger charge is 2.16. The molecule has 1 saturated heterocycles. The molecule has 19 heavy (non-hydrogen) atoms. The van der Waals surface area contributed by atoms with Crippen LogP contribution in [0, 0.1) is 0 Å². The first-order valence-electron chi connectivity index (χ1n) is 6.49. The number of anilines is 1. The summed E-state index contributed by atoms with van der Waals surface area (Å²) in [7, 11) is 0. The van der Waals surface area contributed by atoms with Gasteiger partial charge >= 0.3 is 0 Å². The number of carbonyl (C=O) groups excluding carboxylic acids is 1. The van der Waals surface area contributed by atoms with Crippen molar-refractivity contribution in [3.05, 3.63) is 35.9 Å². The van der Waals surface area contributed by atoms with Gasteiger partial charge in [0.25, 0.3) is 0 Å². The van der Waals surface area contributed by atoms with Crippen LogP contribution in [0.5, 0.6) is 0 Å². The molecule has 1 aliphatic rings. The first-order valence-corrected chi connectivity index (χ1v) is 6.49. The Morgan fingerprint density at radius 1 is 1.26 bits per heavy atom. The van der Waals surface area contributed by atoms with E-state index < -0.39 is 0 Å². The van der Waals surface area contributed by atoms with E-state index in [9.17, 15) is 4.79 Å². The Morgan fingerprint density at radius 2 is 2.00 bits per heavy atom. The summed E-state index contributed by atoms with van der Waals surface area (Å²) in [5.74, 6) is 0.945. The molecule has 1 fully saturated rings. The summed E-state index contributed by atoms with van der Waals surface area (Å²) in [6.45, 7) is 4.67. The van der Waals surface area contributed by atoms with Crippen LogP contribution in [0.3, 0.4) is 0 Å². The lowest BCUT2D eigenvalue weighted by molar-refractivity contribution is 0.101. The second-order valence-electron chi connectivity index (χ2n) is 4.70. The lowest BCUT2D eigenvalue weighted by atomic mass is 10.1. The van der Waals surface area contributed by atoms with E-state index in [0.29, 0.717) is 13.2 Å². The number of carbonyl (C=O) groups is 1. The Labute approximate surface area is 112 Å². The quantitative estimate of drug-likeness (QED) is 0.773. The van der Waals surface area contributed by atoms with Gasteiger partial charge in [-0.05, 0) is 19.1 Å². The number of ether oxygens (including phenoxy) is 1. The van der Waals surface area contributed by atoms with E-state index in [-0.39, 0.29) is 5.78 Å². The number of aromatic nitrogens is 1. The van der Waals surface area contributed by atoms with Gasteiger partial charge in [0.05, 0.1) is 18.7 Å². The Hall–Kier alpha value is -1.94. The summed E-state index contributed by atoms with van der Waals surface area (Å²) >= 11 is 0. The second-order valence-corrected chi connectivity index (χ2v) is 4.70. The van der Waals surface area contributed by atoms with E-state index >= 15 is 0 Å². The van der Waals surface area contributed by atoms with Gasteiger partial charge in [0.15, 0.2) is 5.78 Å². The van der Waals surface area contributed by atoms with E-state index in [1.54, 1.807) is 6.92 Å². The standard InChI is InChI=1S/C15H16N2O2/c1-11(18)13-10-15(17-6-8-19-9-7-17)16-14-5-3-2-4-12(13)14/h2-5,10H,6-9H2,1H3. The molecule has 1 aromatic heterocycles. The van der Waals surface area contributed by atoms with Crippen LogP contribution in [-0.4, -0.2) is 37.1 Å². The van der Waals surface area contributed by atoms with Gasteiger partial charge in [-0.1, -0.05) is 18.2 Å². The Bertz CT molecular complexity index is 619. The van der Waals surface area contributed by atoms with Crippen LogP contribution in [0.15, 0.2) is 30.3 Å². The zero-order chi connectivity index (χ0) is 13.2. The summed E-state index contributed by atoms with van der Waals surface area (Å²) in [4.78, 5) is 18.7. The number of morpholine rings is 1. The average molecular weight is 256 g/mol. The number of pyridine rings is 1. The fourth-order valence-corrected chi connectivity index (χ4v) is 2.41. The van der Waals surface area contributed by atoms with Crippen LogP contribution < -0.4 is 4.90 Å². The lowest BCUT2D eigenvalue weighted by Gasteiger charge is -2.28. The normalized spacial score (nSPS) is 15.7. The zero-order valence-electron chi connectivity index (χ0n) is 10.9. The maximum absolute atomic E-state index is 11.8. The minimum Gasteiger partial charge on any atom is -0.378 e. The van der Waals surface area contributed by atoms with E-state index in [4.69, 9.17) is 4.74 Å². The summed E-state index contributed by atoms with van der Waals surface area (Å²) < 4.78 is 5.35. The maximum atomic E-state index is 11.8. The molecule has 2 aromatic rings. The minimum atomic E-state index is 0.0770. The predicted molar refractivity (Wildman–Crippen MR) is 74.8 cm³/mol. The molecule has 0 spiro atoms. The number of hydrogen-bond donors (Lipinski definition) is 0. The SMILES string of the molecule is CC(=O)c1cc(N2CCOCC2)nc2ccccc12. The molecule has 98 valence electrons. The van der Waals surface area contributed by atoms with Gasteiger partial charge in [-0.25, -0.2) is 4.98 Å². The number of rotatable bonds is 2. The molecule has 3 rings (SSSR count). The molecule has 0 aliphatic carbocycles. The van der Waals surface area contributed by atoms with Crippen molar-refractivity contribution in [2.45, 2.75) is 6.92 Å². The molecule has 1 aromatic carbocycles. The number of Topliss-reactive ketones (excluding diaryl/α,β-unsaturated/α-hetero) is 1. The van der Waals surface area contributed by atoms with E-state index in [1.165, 1.54) is 0 Å². The Morgan fingerprint density at radius 3 is 2.74 bits per heavy atom. The monoisotopic (exact) mass is 256 g/mol. The summed E-state index contributed by atoms with van der Waals surface area (Å²) in [5, 5.41) is 0.923. The molecule has 0 amide bonds. The van der Waals surface area contributed by atoms with E-state index in [0.717, 1.165) is 35.4 Å². The third kappa shape index (κ3) is 2.31. The van der Waals surface area contributed by atoms with Gasteiger partial charge in [-0.2, -0.15) is 0 Å². The molecule has 0 saturated carbocycles. The van der Waals surface area contributed by atoms with E-state index in [1.807, 2.05) is 30.3 Å². The van der Waals surface area contributed by atoms with Gasteiger partial charge in [-0.15, -0.1) is 0 Å². The highest BCUT2D eigenvalue weighted by atomic mass is 16.5. The Balaban J connectivity index is 2.12. The fourth-order valence-electron chi connectivity index (χ4n) is 2.41. The fraction of sp³-hybridized carbons (Fsp3) is 0.333. The third-order valence-electron chi connectivity index (χ3n) is 3.42. The van der Waals surface area contributed by atoms with Crippen LogP contribution >= 0.6 is 0 Å². The minimum absolute atomic E-state index is 0.0770. The zero-order valence-corrected chi connectivity index (χ0v) is 10.9. The molecule has 4 heteroatoms. The van der Waals surface area contributed by atoms with Gasteiger partial charge in [0.2, 0.25) is 0 Å². The first kappa shape index (κ1) is 12.1. The summed E-state index contributed by atoms with van der Waals surface area (Å²) in [6, 6.07) is 9.68. The predicted octanol–water partition coefficient (Wildman–Crippen LogP) is 2.27. The maximum Gasteiger partial charge on any atom is 0.160 e. The number of fused-ring (bicyclic) bond motifs is 1. The van der Waals surface area contributed by atoms with Crippen LogP contribution in [0.1, 0.15) is 17.3 Å². The van der Waals surface area contributed by atoms with Crippen molar-refractivity contribution in [3.63, 3.8) is 0 Å². The molecular weight excluding hydrogens is 240 g/mol. The first-order chi connectivity index (χ1) is 9.25. The third-order valence-corrected chi connectivity index (χ3v) is 3.42. The second kappa shape index (κ2) is 4.97. The highest BCUT2D eigenvalue weighted by Crippen LogP contribution is 2.23. The number of hydrogen-bond acceptors (Lipinski definition) is 4. The van der Waals surface area contributed by atoms with Gasteiger partial charge in [0, 0.05) is 24.0 Å². The molecule has 0 radical (unpaired) electrons. The molecular formula is C15H16N2O2. The van der Waals surface area contributed by atoms with Crippen molar-refractivity contribution < 1.29 is 9.53 Å². The number of benzene rings is 1. The van der Waals surface area contributed by atoms with Gasteiger partial charge < -0.3 is 9.64 Å². The van der Waals surface area contributed by atoms with Crippen molar-refractivity contribution in [1.82, 2.24) is 4.98 Å². The van der Waals surface area contributed by atoms with Crippen LogP contribution in [0.4, 0.5) is 5.82 Å². The molecule has 0 N–H and O–H groups in total.